The first-order valence-corrected chi connectivity index (χ1v) is 9.72. The number of benzene rings is 2. The van der Waals surface area contributed by atoms with Crippen molar-refractivity contribution in [2.24, 2.45) is 0 Å². The number of thiocarbonyl (C=S) groups is 1. The first-order valence-electron chi connectivity index (χ1n) is 8.16. The van der Waals surface area contributed by atoms with E-state index in [1.165, 1.54) is 11.1 Å². The summed E-state index contributed by atoms with van der Waals surface area (Å²) in [6.07, 6.45) is 0.912. The van der Waals surface area contributed by atoms with Gasteiger partial charge in [-0.25, -0.2) is 0 Å². The third-order valence-electron chi connectivity index (χ3n) is 3.64. The van der Waals surface area contributed by atoms with Crippen LogP contribution in [0.1, 0.15) is 23.6 Å². The number of hydrogen-bond acceptors (Lipinski definition) is 3. The monoisotopic (exact) mass is 373 g/mol. The first-order chi connectivity index (χ1) is 12.1. The van der Waals surface area contributed by atoms with Crippen LogP contribution in [0.15, 0.2) is 48.5 Å². The lowest BCUT2D eigenvalue weighted by molar-refractivity contribution is -0.119. The maximum Gasteiger partial charge on any atom is 0.248 e. The maximum absolute atomic E-state index is 11.9. The molecule has 132 valence electrons. The normalized spacial score (nSPS) is 10.2. The predicted octanol–water partition coefficient (Wildman–Crippen LogP) is 3.81. The standard InChI is InChI=1S/C19H23N3OS2/c1-3-16-11-7-8-14(2)18(16)20-19(24)22-21-17(23)13-25-12-15-9-5-4-6-10-15/h4-11H,3,12-13H2,1-2H3,(H,21,23)(H2,20,22,24). The van der Waals surface area contributed by atoms with Gasteiger partial charge >= 0.3 is 0 Å². The van der Waals surface area contributed by atoms with E-state index in [0.717, 1.165) is 23.4 Å². The lowest BCUT2D eigenvalue weighted by atomic mass is 10.1. The lowest BCUT2D eigenvalue weighted by Gasteiger charge is -2.16. The van der Waals surface area contributed by atoms with Crippen LogP contribution in [-0.2, 0) is 17.0 Å². The zero-order valence-electron chi connectivity index (χ0n) is 14.5. The van der Waals surface area contributed by atoms with E-state index in [0.29, 0.717) is 10.9 Å². The van der Waals surface area contributed by atoms with Gasteiger partial charge in [0, 0.05) is 11.4 Å². The number of thioether (sulfide) groups is 1. The molecule has 1 amide bonds. The molecule has 25 heavy (non-hydrogen) atoms. The molecule has 0 radical (unpaired) electrons. The molecule has 2 aromatic carbocycles. The van der Waals surface area contributed by atoms with Crippen LogP contribution >= 0.6 is 24.0 Å². The van der Waals surface area contributed by atoms with Crippen LogP contribution in [0.5, 0.6) is 0 Å². The lowest BCUT2D eigenvalue weighted by Crippen LogP contribution is -2.44. The van der Waals surface area contributed by atoms with Crippen LogP contribution in [0.4, 0.5) is 5.69 Å². The van der Waals surface area contributed by atoms with E-state index in [1.807, 2.05) is 37.3 Å². The topological polar surface area (TPSA) is 53.2 Å². The summed E-state index contributed by atoms with van der Waals surface area (Å²) in [6.45, 7) is 4.13. The summed E-state index contributed by atoms with van der Waals surface area (Å²) in [7, 11) is 0. The molecular formula is C19H23N3OS2. The Kier molecular flexibility index (Phi) is 7.76. The molecule has 0 heterocycles. The highest BCUT2D eigenvalue weighted by Gasteiger charge is 2.07. The second-order valence-corrected chi connectivity index (χ2v) is 6.96. The third-order valence-corrected chi connectivity index (χ3v) is 4.85. The van der Waals surface area contributed by atoms with Gasteiger partial charge in [0.2, 0.25) is 5.91 Å². The smallest absolute Gasteiger partial charge is 0.248 e. The van der Waals surface area contributed by atoms with Crippen molar-refractivity contribution in [2.45, 2.75) is 26.0 Å². The molecule has 0 saturated carbocycles. The highest BCUT2D eigenvalue weighted by atomic mass is 32.2. The molecule has 6 heteroatoms. The number of hydrogen-bond donors (Lipinski definition) is 3. The van der Waals surface area contributed by atoms with Crippen molar-refractivity contribution in [2.75, 3.05) is 11.1 Å². The van der Waals surface area contributed by atoms with Crippen LogP contribution in [0.25, 0.3) is 0 Å². The van der Waals surface area contributed by atoms with Gasteiger partial charge in [0.05, 0.1) is 5.75 Å². The van der Waals surface area contributed by atoms with Crippen LogP contribution in [-0.4, -0.2) is 16.8 Å². The summed E-state index contributed by atoms with van der Waals surface area (Å²) in [5.74, 6) is 1.07. The Hall–Kier alpha value is -2.05. The summed E-state index contributed by atoms with van der Waals surface area (Å²) < 4.78 is 0. The van der Waals surface area contributed by atoms with Gasteiger partial charge in [-0.15, -0.1) is 11.8 Å². The molecule has 2 rings (SSSR count). The number of nitrogens with one attached hydrogen (secondary N) is 3. The van der Waals surface area contributed by atoms with Gasteiger partial charge in [-0.1, -0.05) is 55.5 Å². The van der Waals surface area contributed by atoms with Crippen LogP contribution in [0.3, 0.4) is 0 Å². The summed E-state index contributed by atoms with van der Waals surface area (Å²) in [5.41, 5.74) is 9.91. The number of amides is 1. The largest absolute Gasteiger partial charge is 0.331 e. The van der Waals surface area contributed by atoms with E-state index in [2.05, 4.69) is 41.3 Å². The predicted molar refractivity (Wildman–Crippen MR) is 111 cm³/mol. The van der Waals surface area contributed by atoms with E-state index >= 15 is 0 Å². The van der Waals surface area contributed by atoms with E-state index in [1.54, 1.807) is 11.8 Å². The number of carbonyl (C=O) groups excluding carboxylic acids is 1. The number of anilines is 1. The van der Waals surface area contributed by atoms with E-state index in [-0.39, 0.29) is 5.91 Å². The molecule has 0 saturated heterocycles. The molecule has 0 aromatic heterocycles. The fourth-order valence-corrected chi connectivity index (χ4v) is 3.29. The van der Waals surface area contributed by atoms with Crippen molar-refractivity contribution < 1.29 is 4.79 Å². The van der Waals surface area contributed by atoms with E-state index in [9.17, 15) is 4.79 Å². The molecule has 4 nitrogen and oxygen atoms in total. The van der Waals surface area contributed by atoms with E-state index in [4.69, 9.17) is 12.2 Å². The van der Waals surface area contributed by atoms with Gasteiger partial charge in [-0.2, -0.15) is 0 Å². The van der Waals surface area contributed by atoms with Gasteiger partial charge in [-0.05, 0) is 42.3 Å². The zero-order valence-corrected chi connectivity index (χ0v) is 16.1. The Bertz CT molecular complexity index is 720. The maximum atomic E-state index is 11.9. The van der Waals surface area contributed by atoms with Crippen LogP contribution < -0.4 is 16.2 Å². The minimum Gasteiger partial charge on any atom is -0.331 e. The molecule has 3 N–H and O–H groups in total. The molecule has 2 aromatic rings. The van der Waals surface area contributed by atoms with Gasteiger partial charge < -0.3 is 5.32 Å². The fourth-order valence-electron chi connectivity index (χ4n) is 2.35. The number of hydrazine groups is 1. The van der Waals surface area contributed by atoms with Crippen molar-refractivity contribution in [3.8, 4) is 0 Å². The van der Waals surface area contributed by atoms with Crippen molar-refractivity contribution in [3.05, 3.63) is 65.2 Å². The molecular weight excluding hydrogens is 350 g/mol. The first kappa shape index (κ1) is 19.3. The number of aryl methyl sites for hydroxylation is 2. The average molecular weight is 374 g/mol. The van der Waals surface area contributed by atoms with Gasteiger partial charge in [0.15, 0.2) is 5.11 Å². The minimum absolute atomic E-state index is 0.106. The number of rotatable bonds is 6. The summed E-state index contributed by atoms with van der Waals surface area (Å²) in [5, 5.41) is 3.55. The molecule has 0 aliphatic rings. The summed E-state index contributed by atoms with van der Waals surface area (Å²) in [4.78, 5) is 11.9. The number of carbonyl (C=O) groups is 1. The molecule has 0 bridgehead atoms. The van der Waals surface area contributed by atoms with E-state index < -0.39 is 0 Å². The highest BCUT2D eigenvalue weighted by molar-refractivity contribution is 7.99. The highest BCUT2D eigenvalue weighted by Crippen LogP contribution is 2.20. The molecule has 0 atom stereocenters. The summed E-state index contributed by atoms with van der Waals surface area (Å²) in [6, 6.07) is 16.2. The van der Waals surface area contributed by atoms with Gasteiger partial charge in [0.1, 0.15) is 0 Å². The van der Waals surface area contributed by atoms with Gasteiger partial charge in [0.25, 0.3) is 0 Å². The van der Waals surface area contributed by atoms with Crippen molar-refractivity contribution in [1.29, 1.82) is 0 Å². The molecule has 0 fully saturated rings. The van der Waals surface area contributed by atoms with Crippen molar-refractivity contribution >= 4 is 40.7 Å². The number of para-hydroxylation sites is 1. The second kappa shape index (κ2) is 10.1. The van der Waals surface area contributed by atoms with Crippen LogP contribution in [0.2, 0.25) is 0 Å². The third kappa shape index (κ3) is 6.40. The Morgan fingerprint density at radius 2 is 1.84 bits per heavy atom. The van der Waals surface area contributed by atoms with Crippen LogP contribution in [0, 0.1) is 6.92 Å². The molecule has 0 unspecified atom stereocenters. The Labute approximate surface area is 158 Å². The fraction of sp³-hybridized carbons (Fsp3) is 0.263. The van der Waals surface area contributed by atoms with Crippen molar-refractivity contribution in [3.63, 3.8) is 0 Å². The SMILES string of the molecule is CCc1cccc(C)c1NC(=S)NNC(=O)CSCc1ccccc1. The minimum atomic E-state index is -0.106. The zero-order chi connectivity index (χ0) is 18.1. The molecule has 0 aliphatic carbocycles. The quantitative estimate of drug-likeness (QED) is 0.531. The Balaban J connectivity index is 1.73. The Morgan fingerprint density at radius 3 is 2.56 bits per heavy atom. The molecule has 0 aliphatic heterocycles. The summed E-state index contributed by atoms with van der Waals surface area (Å²) >= 11 is 6.83. The second-order valence-electron chi connectivity index (χ2n) is 5.57. The average Bonchev–Trinajstić information content (AvgIpc) is 2.62. The van der Waals surface area contributed by atoms with Crippen molar-refractivity contribution in [1.82, 2.24) is 10.9 Å². The molecule has 0 spiro atoms. The Morgan fingerprint density at radius 1 is 1.08 bits per heavy atom. The van der Waals surface area contributed by atoms with Gasteiger partial charge in [-0.3, -0.25) is 15.6 Å².